The van der Waals surface area contributed by atoms with Crippen LogP contribution in [0.1, 0.15) is 55.6 Å². The number of amides is 2. The zero-order valence-corrected chi connectivity index (χ0v) is 32.0. The fourth-order valence-corrected chi connectivity index (χ4v) is 7.64. The van der Waals surface area contributed by atoms with Crippen LogP contribution in [0.3, 0.4) is 0 Å². The predicted molar refractivity (Wildman–Crippen MR) is 199 cm³/mol. The first-order chi connectivity index (χ1) is 24.3. The summed E-state index contributed by atoms with van der Waals surface area (Å²) in [5, 5.41) is 0. The maximum absolute atomic E-state index is 14.7. The Morgan fingerprint density at radius 3 is 2.29 bits per heavy atom. The van der Waals surface area contributed by atoms with Gasteiger partial charge in [0.2, 0.25) is 0 Å². The van der Waals surface area contributed by atoms with Crippen LogP contribution >= 0.6 is 0 Å². The molecule has 0 saturated heterocycles. The van der Waals surface area contributed by atoms with Gasteiger partial charge in [-0.1, -0.05) is 24.3 Å². The quantitative estimate of drug-likeness (QED) is 0.157. The fraction of sp³-hybridized carbons (Fsp3) is 0.250. The third-order valence-electron chi connectivity index (χ3n) is 9.89. The van der Waals surface area contributed by atoms with Crippen LogP contribution < -0.4 is 13.5 Å². The first-order valence-electron chi connectivity index (χ1n) is 16.5. The summed E-state index contributed by atoms with van der Waals surface area (Å²) >= 11 is 2.54. The van der Waals surface area contributed by atoms with Gasteiger partial charge in [-0.2, -0.15) is 0 Å². The topological polar surface area (TPSA) is 98.1 Å². The van der Waals surface area contributed by atoms with Crippen molar-refractivity contribution in [3.63, 3.8) is 0 Å². The summed E-state index contributed by atoms with van der Waals surface area (Å²) in [4.78, 5) is 32.7. The standard InChI is InChI=1S/C40H40N3O6SSe/c1-25-20-28-10-7-8-11-30(28)24-42(25)39(44)34-19-18-33(50(6,46)47)21-36(34)37-22-35(27(3)41(37)4)40(45)43(31-14-16-32(49-51)17-15-31)23-29-12-9-13-38(48-5)26(29)2/h7-19,21-22,25H,20,23-24H2,1-6H3/t25-/m1/s1. The van der Waals surface area contributed by atoms with Gasteiger partial charge in [-0.3, -0.25) is 4.79 Å². The zero-order valence-electron chi connectivity index (χ0n) is 29.5. The number of sulfone groups is 1. The number of rotatable bonds is 9. The van der Waals surface area contributed by atoms with E-state index in [2.05, 4.69) is 22.4 Å². The monoisotopic (exact) mass is 770 g/mol. The van der Waals surface area contributed by atoms with Gasteiger partial charge in [0.1, 0.15) is 0 Å². The third-order valence-corrected chi connectivity index (χ3v) is 11.4. The molecule has 1 aromatic heterocycles. The van der Waals surface area contributed by atoms with Crippen LogP contribution in [-0.2, 0) is 36.4 Å². The van der Waals surface area contributed by atoms with Crippen molar-refractivity contribution < 1.29 is 26.6 Å². The second-order valence-electron chi connectivity index (χ2n) is 13.0. The SMILES string of the molecule is COc1cccc(CN(C(=O)c2cc(-c3cc(S(C)(=O)=O)ccc3C(=O)N3Cc4ccccc4C[C@H]3C)n(C)c2C)c2ccc(O[Se])cc2)c1C. The normalized spacial score (nSPS) is 14.2. The molecule has 2 heterocycles. The molecule has 5 aromatic rings. The minimum absolute atomic E-state index is 0.0712. The van der Waals surface area contributed by atoms with Crippen LogP contribution in [0, 0.1) is 13.8 Å². The van der Waals surface area contributed by atoms with E-state index in [4.69, 9.17) is 8.56 Å². The number of hydrogen-bond acceptors (Lipinski definition) is 6. The Balaban J connectivity index is 1.45. The Morgan fingerprint density at radius 1 is 0.922 bits per heavy atom. The van der Waals surface area contributed by atoms with Crippen molar-refractivity contribution in [1.82, 2.24) is 9.47 Å². The van der Waals surface area contributed by atoms with Crippen molar-refractivity contribution in [3.8, 4) is 22.8 Å². The second kappa shape index (κ2) is 14.4. The summed E-state index contributed by atoms with van der Waals surface area (Å²) in [6.45, 7) is 6.53. The molecule has 1 aliphatic heterocycles. The summed E-state index contributed by atoms with van der Waals surface area (Å²) < 4.78 is 38.3. The maximum atomic E-state index is 14.7. The number of carbonyl (C=O) groups excluding carboxylic acids is 2. The van der Waals surface area contributed by atoms with Gasteiger partial charge in [-0.05, 0) is 36.6 Å². The molecular formula is C40H40N3O6SSe. The van der Waals surface area contributed by atoms with E-state index in [9.17, 15) is 18.0 Å². The number of ether oxygens (including phenoxy) is 1. The van der Waals surface area contributed by atoms with Gasteiger partial charge in [-0.25, -0.2) is 8.42 Å². The van der Waals surface area contributed by atoms with E-state index >= 15 is 0 Å². The molecule has 0 N–H and O–H groups in total. The summed E-state index contributed by atoms with van der Waals surface area (Å²) in [6, 6.07) is 27.4. The van der Waals surface area contributed by atoms with E-state index in [0.29, 0.717) is 52.5 Å². The molecule has 0 saturated carbocycles. The molecule has 6 rings (SSSR count). The van der Waals surface area contributed by atoms with Crippen LogP contribution in [0.2, 0.25) is 0 Å². The number of benzene rings is 4. The van der Waals surface area contributed by atoms with Gasteiger partial charge in [0.05, 0.1) is 4.90 Å². The van der Waals surface area contributed by atoms with E-state index in [1.54, 1.807) is 42.3 Å². The van der Waals surface area contributed by atoms with Crippen LogP contribution in [0.4, 0.5) is 5.69 Å². The van der Waals surface area contributed by atoms with Crippen molar-refractivity contribution in [1.29, 1.82) is 0 Å². The Labute approximate surface area is 307 Å². The van der Waals surface area contributed by atoms with Gasteiger partial charge in [-0.15, -0.1) is 0 Å². The van der Waals surface area contributed by atoms with Gasteiger partial charge < -0.3 is 4.90 Å². The molecule has 51 heavy (non-hydrogen) atoms. The fourth-order valence-electron chi connectivity index (χ4n) is 6.76. The van der Waals surface area contributed by atoms with Crippen molar-refractivity contribution in [2.75, 3.05) is 18.3 Å². The molecule has 263 valence electrons. The molecule has 9 nitrogen and oxygen atoms in total. The molecule has 0 aliphatic carbocycles. The summed E-state index contributed by atoms with van der Waals surface area (Å²) in [5.74, 6) is 0.861. The molecular weight excluding hydrogens is 729 g/mol. The molecule has 2 amide bonds. The van der Waals surface area contributed by atoms with E-state index < -0.39 is 9.84 Å². The average molecular weight is 770 g/mol. The number of carbonyl (C=O) groups is 2. The van der Waals surface area contributed by atoms with Crippen molar-refractivity contribution in [2.24, 2.45) is 7.05 Å². The molecule has 1 radical (unpaired) electrons. The minimum atomic E-state index is -3.62. The number of fused-ring (bicyclic) bond motifs is 1. The Morgan fingerprint density at radius 2 is 1.63 bits per heavy atom. The third kappa shape index (κ3) is 7.06. The molecule has 0 unspecified atom stereocenters. The van der Waals surface area contributed by atoms with Crippen LogP contribution in [0.15, 0.2) is 95.9 Å². The molecule has 0 bridgehead atoms. The summed E-state index contributed by atoms with van der Waals surface area (Å²) in [7, 11) is -0.175. The number of hydrogen-bond donors (Lipinski definition) is 0. The van der Waals surface area contributed by atoms with Crippen LogP contribution in [0.25, 0.3) is 11.3 Å². The van der Waals surface area contributed by atoms with Crippen LogP contribution in [-0.4, -0.2) is 65.4 Å². The van der Waals surface area contributed by atoms with E-state index in [-0.39, 0.29) is 29.3 Å². The average Bonchev–Trinajstić information content (AvgIpc) is 3.42. The molecule has 1 aliphatic rings. The van der Waals surface area contributed by atoms with E-state index in [0.717, 1.165) is 28.7 Å². The van der Waals surface area contributed by atoms with Crippen molar-refractivity contribution in [3.05, 3.63) is 130 Å². The summed E-state index contributed by atoms with van der Waals surface area (Å²) in [5.41, 5.74) is 7.22. The first-order valence-corrected chi connectivity index (χ1v) is 19.1. The molecule has 4 aromatic carbocycles. The molecule has 1 atom stereocenters. The van der Waals surface area contributed by atoms with E-state index in [1.807, 2.05) is 85.8 Å². The van der Waals surface area contributed by atoms with Crippen molar-refractivity contribution >= 4 is 43.7 Å². The Bertz CT molecular complexity index is 2250. The Hall–Kier alpha value is -4.83. The van der Waals surface area contributed by atoms with Gasteiger partial charge in [0, 0.05) is 18.8 Å². The predicted octanol–water partition coefficient (Wildman–Crippen LogP) is 6.62. The molecule has 0 fully saturated rings. The van der Waals surface area contributed by atoms with Crippen molar-refractivity contribution in [2.45, 2.75) is 51.2 Å². The number of nitrogens with zero attached hydrogens (tertiary/aromatic N) is 3. The molecule has 11 heteroatoms. The summed E-state index contributed by atoms with van der Waals surface area (Å²) in [6.07, 6.45) is 1.86. The molecule has 0 spiro atoms. The zero-order chi connectivity index (χ0) is 36.6. The van der Waals surface area contributed by atoms with Crippen LogP contribution in [0.5, 0.6) is 11.5 Å². The van der Waals surface area contributed by atoms with E-state index in [1.165, 1.54) is 11.6 Å². The first kappa shape index (κ1) is 36.0. The second-order valence-corrected chi connectivity index (χ2v) is 15.4. The number of aromatic nitrogens is 1. The van der Waals surface area contributed by atoms with Gasteiger partial charge in [0.15, 0.2) is 9.84 Å². The van der Waals surface area contributed by atoms with Gasteiger partial charge in [0.25, 0.3) is 5.91 Å². The van der Waals surface area contributed by atoms with Gasteiger partial charge >= 0.3 is 191 Å². The Kier molecular flexibility index (Phi) is 10.2. The number of methoxy groups -OCH3 is 1. The number of anilines is 1.